The van der Waals surface area contributed by atoms with Crippen molar-refractivity contribution in [3.63, 3.8) is 0 Å². The van der Waals surface area contributed by atoms with Gasteiger partial charge in [-0.05, 0) is 38.1 Å². The standard InChI is InChI=1S/C13H22N4O2S.ClH/c14-8-11-4-3-7-17(9-11)20(18,19)13-10-16-6-2-1-5-12(16)15-13;/h10-11H,1-9,14H2;1H. The molecule has 2 N–H and O–H groups in total. The Balaban J connectivity index is 0.00000161. The van der Waals surface area contributed by atoms with Crippen molar-refractivity contribution in [3.8, 4) is 0 Å². The van der Waals surface area contributed by atoms with E-state index >= 15 is 0 Å². The van der Waals surface area contributed by atoms with Crippen molar-refractivity contribution in [1.82, 2.24) is 13.9 Å². The molecule has 3 heterocycles. The van der Waals surface area contributed by atoms with Crippen LogP contribution >= 0.6 is 12.4 Å². The number of hydrogen-bond donors (Lipinski definition) is 1. The Morgan fingerprint density at radius 2 is 2.10 bits per heavy atom. The van der Waals surface area contributed by atoms with Crippen molar-refractivity contribution < 1.29 is 8.42 Å². The number of fused-ring (bicyclic) bond motifs is 1. The van der Waals surface area contributed by atoms with Gasteiger partial charge in [-0.1, -0.05) is 0 Å². The van der Waals surface area contributed by atoms with E-state index in [0.717, 1.165) is 44.5 Å². The Morgan fingerprint density at radius 3 is 2.81 bits per heavy atom. The minimum Gasteiger partial charge on any atom is -0.333 e. The van der Waals surface area contributed by atoms with Gasteiger partial charge in [0, 0.05) is 32.3 Å². The monoisotopic (exact) mass is 334 g/mol. The van der Waals surface area contributed by atoms with Crippen molar-refractivity contribution in [2.75, 3.05) is 19.6 Å². The average molecular weight is 335 g/mol. The summed E-state index contributed by atoms with van der Waals surface area (Å²) in [5.41, 5.74) is 5.69. The van der Waals surface area contributed by atoms with Gasteiger partial charge < -0.3 is 10.3 Å². The molecule has 6 nitrogen and oxygen atoms in total. The molecule has 0 saturated carbocycles. The highest BCUT2D eigenvalue weighted by atomic mass is 35.5. The molecule has 0 spiro atoms. The van der Waals surface area contributed by atoms with Gasteiger partial charge in [0.1, 0.15) is 5.82 Å². The van der Waals surface area contributed by atoms with Crippen LogP contribution in [0.15, 0.2) is 11.2 Å². The first-order chi connectivity index (χ1) is 9.61. The molecule has 0 amide bonds. The van der Waals surface area contributed by atoms with E-state index in [0.29, 0.717) is 19.6 Å². The molecular formula is C13H23ClN4O2S. The summed E-state index contributed by atoms with van der Waals surface area (Å²) >= 11 is 0. The van der Waals surface area contributed by atoms with Crippen LogP contribution in [0.25, 0.3) is 0 Å². The van der Waals surface area contributed by atoms with E-state index in [2.05, 4.69) is 4.98 Å². The van der Waals surface area contributed by atoms with Gasteiger partial charge in [0.2, 0.25) is 0 Å². The third-order valence-corrected chi connectivity index (χ3v) is 6.04. The molecule has 21 heavy (non-hydrogen) atoms. The van der Waals surface area contributed by atoms with E-state index in [4.69, 9.17) is 5.73 Å². The molecule has 0 aromatic carbocycles. The van der Waals surface area contributed by atoms with Crippen LogP contribution in [0, 0.1) is 5.92 Å². The number of sulfonamides is 1. The van der Waals surface area contributed by atoms with Crippen LogP contribution in [0.2, 0.25) is 0 Å². The van der Waals surface area contributed by atoms with Gasteiger partial charge in [0.15, 0.2) is 5.03 Å². The van der Waals surface area contributed by atoms with E-state index in [1.54, 1.807) is 10.5 Å². The summed E-state index contributed by atoms with van der Waals surface area (Å²) in [6, 6.07) is 0. The summed E-state index contributed by atoms with van der Waals surface area (Å²) in [5.74, 6) is 1.18. The van der Waals surface area contributed by atoms with Crippen LogP contribution in [-0.4, -0.2) is 41.9 Å². The lowest BCUT2D eigenvalue weighted by Crippen LogP contribution is -2.42. The summed E-state index contributed by atoms with van der Waals surface area (Å²) in [6.07, 6.45) is 6.67. The molecule has 1 atom stereocenters. The smallest absolute Gasteiger partial charge is 0.262 e. The highest BCUT2D eigenvalue weighted by Crippen LogP contribution is 2.24. The Hall–Kier alpha value is -0.630. The fraction of sp³-hybridized carbons (Fsp3) is 0.769. The lowest BCUT2D eigenvalue weighted by molar-refractivity contribution is 0.271. The topological polar surface area (TPSA) is 81.2 Å². The second kappa shape index (κ2) is 6.64. The maximum Gasteiger partial charge on any atom is 0.262 e. The molecular weight excluding hydrogens is 312 g/mol. The number of hydrogen-bond acceptors (Lipinski definition) is 4. The van der Waals surface area contributed by atoms with Gasteiger partial charge in [-0.2, -0.15) is 4.31 Å². The van der Waals surface area contributed by atoms with E-state index in [-0.39, 0.29) is 23.4 Å². The average Bonchev–Trinajstić information content (AvgIpc) is 2.92. The van der Waals surface area contributed by atoms with E-state index in [1.807, 2.05) is 4.57 Å². The Labute approximate surface area is 132 Å². The molecule has 1 fully saturated rings. The lowest BCUT2D eigenvalue weighted by Gasteiger charge is -2.30. The van der Waals surface area contributed by atoms with Crippen LogP contribution < -0.4 is 5.73 Å². The lowest BCUT2D eigenvalue weighted by atomic mass is 10.0. The Morgan fingerprint density at radius 1 is 1.29 bits per heavy atom. The zero-order valence-corrected chi connectivity index (χ0v) is 13.7. The van der Waals surface area contributed by atoms with Crippen LogP contribution in [0.3, 0.4) is 0 Å². The number of halogens is 1. The highest BCUT2D eigenvalue weighted by Gasteiger charge is 2.32. The van der Waals surface area contributed by atoms with E-state index < -0.39 is 10.0 Å². The Kier molecular flexibility index (Phi) is 5.29. The summed E-state index contributed by atoms with van der Waals surface area (Å²) in [5, 5.41) is 0.215. The minimum absolute atomic E-state index is 0. The maximum atomic E-state index is 12.7. The molecule has 2 aliphatic rings. The molecule has 1 unspecified atom stereocenters. The van der Waals surface area contributed by atoms with E-state index in [1.165, 1.54) is 0 Å². The van der Waals surface area contributed by atoms with Gasteiger partial charge in [-0.25, -0.2) is 13.4 Å². The van der Waals surface area contributed by atoms with Gasteiger partial charge in [0.05, 0.1) is 0 Å². The van der Waals surface area contributed by atoms with Gasteiger partial charge in [-0.3, -0.25) is 0 Å². The van der Waals surface area contributed by atoms with Crippen LogP contribution in [0.1, 0.15) is 31.5 Å². The molecule has 1 aromatic rings. The SMILES string of the molecule is Cl.NCC1CCCN(S(=O)(=O)c2cn3c(n2)CCCC3)C1. The summed E-state index contributed by atoms with van der Waals surface area (Å²) < 4.78 is 28.9. The number of imidazole rings is 1. The number of nitrogens with two attached hydrogens (primary N) is 1. The maximum absolute atomic E-state index is 12.7. The van der Waals surface area contributed by atoms with E-state index in [9.17, 15) is 8.42 Å². The molecule has 8 heteroatoms. The molecule has 0 aliphatic carbocycles. The Bertz CT molecular complexity index is 563. The van der Waals surface area contributed by atoms with Crippen molar-refractivity contribution in [1.29, 1.82) is 0 Å². The third kappa shape index (κ3) is 3.26. The summed E-state index contributed by atoms with van der Waals surface area (Å²) in [4.78, 5) is 4.35. The predicted molar refractivity (Wildman–Crippen MR) is 83.0 cm³/mol. The zero-order chi connectivity index (χ0) is 14.2. The van der Waals surface area contributed by atoms with Gasteiger partial charge >= 0.3 is 0 Å². The second-order valence-corrected chi connectivity index (χ2v) is 7.64. The minimum atomic E-state index is -3.45. The molecule has 0 radical (unpaired) electrons. The fourth-order valence-corrected chi connectivity index (χ4v) is 4.60. The zero-order valence-electron chi connectivity index (χ0n) is 12.1. The normalized spacial score (nSPS) is 23.4. The van der Waals surface area contributed by atoms with Gasteiger partial charge in [-0.15, -0.1) is 12.4 Å². The fourth-order valence-electron chi connectivity index (χ4n) is 3.08. The first-order valence-corrected chi connectivity index (χ1v) is 8.81. The first kappa shape index (κ1) is 16.7. The number of rotatable bonds is 3. The molecule has 2 aliphatic heterocycles. The van der Waals surface area contributed by atoms with Crippen molar-refractivity contribution in [2.24, 2.45) is 11.7 Å². The predicted octanol–water partition coefficient (Wildman–Crippen LogP) is 1.00. The summed E-state index contributed by atoms with van der Waals surface area (Å²) in [7, 11) is -3.45. The number of aromatic nitrogens is 2. The van der Waals surface area contributed by atoms with Crippen LogP contribution in [0.4, 0.5) is 0 Å². The highest BCUT2D eigenvalue weighted by molar-refractivity contribution is 7.89. The van der Waals surface area contributed by atoms with Crippen molar-refractivity contribution >= 4 is 22.4 Å². The van der Waals surface area contributed by atoms with Gasteiger partial charge in [0.25, 0.3) is 10.0 Å². The molecule has 1 aromatic heterocycles. The largest absolute Gasteiger partial charge is 0.333 e. The van der Waals surface area contributed by atoms with Crippen LogP contribution in [-0.2, 0) is 23.0 Å². The number of nitrogens with zero attached hydrogens (tertiary/aromatic N) is 3. The number of aryl methyl sites for hydroxylation is 2. The number of piperidine rings is 1. The van der Waals surface area contributed by atoms with Crippen LogP contribution in [0.5, 0.6) is 0 Å². The van der Waals surface area contributed by atoms with Crippen molar-refractivity contribution in [3.05, 3.63) is 12.0 Å². The quantitative estimate of drug-likeness (QED) is 0.894. The van der Waals surface area contributed by atoms with Crippen molar-refractivity contribution in [2.45, 2.75) is 43.7 Å². The second-order valence-electron chi connectivity index (χ2n) is 5.75. The molecule has 1 saturated heterocycles. The first-order valence-electron chi connectivity index (χ1n) is 7.37. The molecule has 0 bridgehead atoms. The summed E-state index contributed by atoms with van der Waals surface area (Å²) in [6.45, 7) is 2.54. The third-order valence-electron chi connectivity index (χ3n) is 4.31. The molecule has 120 valence electrons. The molecule has 3 rings (SSSR count).